The summed E-state index contributed by atoms with van der Waals surface area (Å²) in [6.07, 6.45) is -7.87. The highest BCUT2D eigenvalue weighted by Gasteiger charge is 2.33. The van der Waals surface area contributed by atoms with E-state index in [1.807, 2.05) is 0 Å². The summed E-state index contributed by atoms with van der Waals surface area (Å²) in [5.41, 5.74) is 0.498. The summed E-state index contributed by atoms with van der Waals surface area (Å²) in [5, 5.41) is 5.75. The highest BCUT2D eigenvalue weighted by Crippen LogP contribution is 2.30. The summed E-state index contributed by atoms with van der Waals surface area (Å²) in [4.78, 5) is 16.1. The third-order valence-electron chi connectivity index (χ3n) is 5.34. The predicted molar refractivity (Wildman–Crippen MR) is 120 cm³/mol. The zero-order chi connectivity index (χ0) is 26.3. The maximum atomic E-state index is 12.8. The van der Waals surface area contributed by atoms with Gasteiger partial charge in [-0.2, -0.15) is 13.2 Å². The second-order valence-electron chi connectivity index (χ2n) is 7.89. The summed E-state index contributed by atoms with van der Waals surface area (Å²) in [6.45, 7) is 0. The van der Waals surface area contributed by atoms with E-state index >= 15 is 0 Å². The molecular weight excluding hydrogens is 488 g/mol. The Hall–Kier alpha value is -3.60. The van der Waals surface area contributed by atoms with Crippen LogP contribution in [0.3, 0.4) is 0 Å². The first-order valence-electron chi connectivity index (χ1n) is 10.9. The molecule has 3 rings (SSSR count). The van der Waals surface area contributed by atoms with Gasteiger partial charge >= 0.3 is 12.5 Å². The number of hydrogen-bond donors (Lipinski definition) is 2. The summed E-state index contributed by atoms with van der Waals surface area (Å²) >= 11 is 0. The number of carbonyl (C=O) groups excluding carboxylic acids is 1. The Morgan fingerprint density at radius 2 is 1.64 bits per heavy atom. The van der Waals surface area contributed by atoms with Crippen molar-refractivity contribution in [3.63, 3.8) is 0 Å². The van der Waals surface area contributed by atoms with Crippen LogP contribution in [-0.4, -0.2) is 24.3 Å². The van der Waals surface area contributed by atoms with Gasteiger partial charge < -0.3 is 10.1 Å². The molecule has 2 N–H and O–H groups in total. The third-order valence-corrected chi connectivity index (χ3v) is 5.34. The molecule has 1 amide bonds. The number of carbonyl (C=O) groups is 1. The van der Waals surface area contributed by atoms with E-state index in [0.717, 1.165) is 18.3 Å². The molecule has 11 heteroatoms. The van der Waals surface area contributed by atoms with Gasteiger partial charge in [0.2, 0.25) is 5.91 Å². The number of likely N-dealkylation sites (N-methyl/N-ethyl adjacent to an activating group) is 1. The van der Waals surface area contributed by atoms with E-state index in [1.54, 1.807) is 36.4 Å². The van der Waals surface area contributed by atoms with Crippen molar-refractivity contribution in [1.29, 1.82) is 0 Å². The first kappa shape index (κ1) is 27.0. The lowest BCUT2D eigenvalue weighted by Crippen LogP contribution is -2.38. The maximum absolute atomic E-state index is 12.8. The first-order valence-corrected chi connectivity index (χ1v) is 10.9. The Morgan fingerprint density at radius 3 is 2.22 bits per heavy atom. The smallest absolute Gasteiger partial charge is 0.406 e. The molecule has 0 fully saturated rings. The number of aromatic nitrogens is 1. The number of nitrogens with zero attached hydrogens (tertiary/aromatic N) is 1. The maximum Gasteiger partial charge on any atom is 0.573 e. The van der Waals surface area contributed by atoms with Crippen molar-refractivity contribution in [3.8, 4) is 5.75 Å². The minimum atomic E-state index is -4.89. The number of ether oxygens (including phenoxy) is 1. The van der Waals surface area contributed by atoms with E-state index in [4.69, 9.17) is 0 Å². The fourth-order valence-corrected chi connectivity index (χ4v) is 3.64. The average molecular weight is 511 g/mol. The fraction of sp³-hybridized carbons (Fsp3) is 0.280. The zero-order valence-corrected chi connectivity index (χ0v) is 19.0. The standard InChI is InChI=1S/C25H23F6N3O2/c1-32-23(35)22(17-6-3-2-4-7-17)34-20(18-8-5-9-19(14-18)36-25(29,30)31)12-10-16-11-13-21(33-15-16)24(26,27)28/h2-9,11,13-15,20,22,34H,10,12H2,1H3,(H,32,35)/t20-,22?/m0/s1. The Morgan fingerprint density at radius 1 is 0.944 bits per heavy atom. The van der Waals surface area contributed by atoms with Crippen molar-refractivity contribution in [2.24, 2.45) is 0 Å². The monoisotopic (exact) mass is 511 g/mol. The normalized spacial score (nSPS) is 13.6. The van der Waals surface area contributed by atoms with E-state index in [9.17, 15) is 31.1 Å². The second kappa shape index (κ2) is 11.4. The number of hydrogen-bond acceptors (Lipinski definition) is 4. The second-order valence-corrected chi connectivity index (χ2v) is 7.89. The molecule has 0 aliphatic heterocycles. The lowest BCUT2D eigenvalue weighted by Gasteiger charge is -2.26. The summed E-state index contributed by atoms with van der Waals surface area (Å²) < 4.78 is 80.8. The SMILES string of the molecule is CNC(=O)C(N[C@@H](CCc1ccc(C(F)(F)F)nc1)c1cccc(OC(F)(F)F)c1)c1ccccc1. The van der Waals surface area contributed by atoms with Crippen molar-refractivity contribution in [1.82, 2.24) is 15.6 Å². The van der Waals surface area contributed by atoms with Crippen molar-refractivity contribution in [3.05, 3.63) is 95.3 Å². The number of nitrogens with one attached hydrogen (secondary N) is 2. The van der Waals surface area contributed by atoms with E-state index in [-0.39, 0.29) is 18.7 Å². The van der Waals surface area contributed by atoms with Gasteiger partial charge in [-0.3, -0.25) is 15.1 Å². The number of pyridine rings is 1. The highest BCUT2D eigenvalue weighted by atomic mass is 19.4. The van der Waals surface area contributed by atoms with Crippen LogP contribution in [-0.2, 0) is 17.4 Å². The van der Waals surface area contributed by atoms with Gasteiger partial charge in [0.1, 0.15) is 17.5 Å². The van der Waals surface area contributed by atoms with E-state index in [1.165, 1.54) is 25.2 Å². The van der Waals surface area contributed by atoms with Crippen molar-refractivity contribution in [2.75, 3.05) is 7.05 Å². The van der Waals surface area contributed by atoms with Crippen LogP contribution in [0.4, 0.5) is 26.3 Å². The summed E-state index contributed by atoms with van der Waals surface area (Å²) in [7, 11) is 1.46. The molecule has 2 aromatic carbocycles. The minimum absolute atomic E-state index is 0.239. The van der Waals surface area contributed by atoms with E-state index < -0.39 is 36.1 Å². The van der Waals surface area contributed by atoms with Gasteiger partial charge in [-0.25, -0.2) is 0 Å². The summed E-state index contributed by atoms with van der Waals surface area (Å²) in [6, 6.07) is 14.7. The lowest BCUT2D eigenvalue weighted by molar-refractivity contribution is -0.274. The topological polar surface area (TPSA) is 63.2 Å². The van der Waals surface area contributed by atoms with Gasteiger partial charge in [-0.1, -0.05) is 48.5 Å². The van der Waals surface area contributed by atoms with Crippen LogP contribution in [0.15, 0.2) is 72.9 Å². The number of rotatable bonds is 9. The molecule has 0 saturated heterocycles. The van der Waals surface area contributed by atoms with Crippen LogP contribution >= 0.6 is 0 Å². The van der Waals surface area contributed by atoms with Gasteiger partial charge in [0.15, 0.2) is 0 Å². The minimum Gasteiger partial charge on any atom is -0.406 e. The molecule has 1 aromatic heterocycles. The number of aryl methyl sites for hydroxylation is 1. The molecule has 5 nitrogen and oxygen atoms in total. The van der Waals surface area contributed by atoms with Gasteiger partial charge in [0, 0.05) is 19.3 Å². The number of benzene rings is 2. The molecule has 0 aliphatic rings. The van der Waals surface area contributed by atoms with Gasteiger partial charge in [0.25, 0.3) is 0 Å². The third kappa shape index (κ3) is 7.70. The van der Waals surface area contributed by atoms with Gasteiger partial charge in [-0.15, -0.1) is 13.2 Å². The van der Waals surface area contributed by atoms with Gasteiger partial charge in [0.05, 0.1) is 0 Å². The average Bonchev–Trinajstić information content (AvgIpc) is 2.83. The number of amides is 1. The molecule has 0 bridgehead atoms. The highest BCUT2D eigenvalue weighted by molar-refractivity contribution is 5.83. The molecule has 1 heterocycles. The van der Waals surface area contributed by atoms with Crippen molar-refractivity contribution < 1.29 is 35.9 Å². The Balaban J connectivity index is 1.90. The fourth-order valence-electron chi connectivity index (χ4n) is 3.64. The van der Waals surface area contributed by atoms with Crippen LogP contribution < -0.4 is 15.4 Å². The zero-order valence-electron chi connectivity index (χ0n) is 19.0. The Kier molecular flexibility index (Phi) is 8.57. The molecule has 1 unspecified atom stereocenters. The largest absolute Gasteiger partial charge is 0.573 e. The molecule has 3 aromatic rings. The van der Waals surface area contributed by atoms with Crippen LogP contribution in [0.5, 0.6) is 5.75 Å². The molecule has 0 aliphatic carbocycles. The molecule has 0 saturated carbocycles. The molecule has 0 spiro atoms. The van der Waals surface area contributed by atoms with Crippen LogP contribution in [0.1, 0.15) is 40.9 Å². The number of halogens is 6. The van der Waals surface area contributed by atoms with Crippen molar-refractivity contribution in [2.45, 2.75) is 37.5 Å². The summed E-state index contributed by atoms with van der Waals surface area (Å²) in [5.74, 6) is -0.802. The Bertz CT molecular complexity index is 1140. The molecule has 36 heavy (non-hydrogen) atoms. The Labute approximate surface area is 203 Å². The molecule has 192 valence electrons. The molecule has 0 radical (unpaired) electrons. The van der Waals surface area contributed by atoms with Crippen LogP contribution in [0.2, 0.25) is 0 Å². The van der Waals surface area contributed by atoms with Crippen molar-refractivity contribution >= 4 is 5.91 Å². The van der Waals surface area contributed by atoms with Crippen LogP contribution in [0, 0.1) is 0 Å². The van der Waals surface area contributed by atoms with E-state index in [0.29, 0.717) is 16.7 Å². The quantitative estimate of drug-likeness (QED) is 0.359. The predicted octanol–water partition coefficient (Wildman–Crippen LogP) is 5.75. The van der Waals surface area contributed by atoms with E-state index in [2.05, 4.69) is 20.4 Å². The lowest BCUT2D eigenvalue weighted by atomic mass is 9.96. The van der Waals surface area contributed by atoms with Crippen LogP contribution in [0.25, 0.3) is 0 Å². The molecular formula is C25H23F6N3O2. The van der Waals surface area contributed by atoms with Gasteiger partial charge in [-0.05, 0) is 47.7 Å². The molecule has 2 atom stereocenters. The first-order chi connectivity index (χ1) is 17.0. The number of alkyl halides is 6.